The highest BCUT2D eigenvalue weighted by Gasteiger charge is 2.09. The summed E-state index contributed by atoms with van der Waals surface area (Å²) < 4.78 is 2.10. The SMILES string of the molecule is Cc1cccc(CC(N)c2cc(Br)cc(Br)c2)c1. The first-order chi connectivity index (χ1) is 8.54. The lowest BCUT2D eigenvalue weighted by molar-refractivity contribution is 0.720. The summed E-state index contributed by atoms with van der Waals surface area (Å²) in [6.07, 6.45) is 0.852. The molecule has 94 valence electrons. The molecule has 3 heteroatoms. The van der Waals surface area contributed by atoms with E-state index in [1.54, 1.807) is 0 Å². The van der Waals surface area contributed by atoms with Crippen LogP contribution in [0.2, 0.25) is 0 Å². The lowest BCUT2D eigenvalue weighted by Crippen LogP contribution is -2.13. The van der Waals surface area contributed by atoms with E-state index in [0.29, 0.717) is 0 Å². The van der Waals surface area contributed by atoms with Gasteiger partial charge >= 0.3 is 0 Å². The highest BCUT2D eigenvalue weighted by atomic mass is 79.9. The second-order valence-electron chi connectivity index (χ2n) is 4.50. The zero-order chi connectivity index (χ0) is 13.1. The van der Waals surface area contributed by atoms with E-state index in [1.165, 1.54) is 11.1 Å². The highest BCUT2D eigenvalue weighted by Crippen LogP contribution is 2.25. The molecule has 1 atom stereocenters. The van der Waals surface area contributed by atoms with Gasteiger partial charge in [0.2, 0.25) is 0 Å². The largest absolute Gasteiger partial charge is 0.324 e. The van der Waals surface area contributed by atoms with Crippen molar-refractivity contribution in [1.82, 2.24) is 0 Å². The van der Waals surface area contributed by atoms with Gasteiger partial charge in [-0.25, -0.2) is 0 Å². The van der Waals surface area contributed by atoms with Gasteiger partial charge in [-0.05, 0) is 42.7 Å². The van der Waals surface area contributed by atoms with Crippen LogP contribution in [0.3, 0.4) is 0 Å². The maximum Gasteiger partial charge on any atom is 0.0336 e. The van der Waals surface area contributed by atoms with E-state index >= 15 is 0 Å². The van der Waals surface area contributed by atoms with Gasteiger partial charge in [-0.2, -0.15) is 0 Å². The smallest absolute Gasteiger partial charge is 0.0336 e. The Morgan fingerprint density at radius 1 is 1.06 bits per heavy atom. The van der Waals surface area contributed by atoms with Gasteiger partial charge in [0.05, 0.1) is 0 Å². The van der Waals surface area contributed by atoms with E-state index < -0.39 is 0 Å². The van der Waals surface area contributed by atoms with Crippen LogP contribution in [0.1, 0.15) is 22.7 Å². The van der Waals surface area contributed by atoms with Gasteiger partial charge in [-0.3, -0.25) is 0 Å². The molecular formula is C15H15Br2N. The highest BCUT2D eigenvalue weighted by molar-refractivity contribution is 9.11. The minimum absolute atomic E-state index is 0.0144. The van der Waals surface area contributed by atoms with Gasteiger partial charge in [0.15, 0.2) is 0 Å². The van der Waals surface area contributed by atoms with Crippen molar-refractivity contribution in [2.45, 2.75) is 19.4 Å². The molecule has 0 spiro atoms. The summed E-state index contributed by atoms with van der Waals surface area (Å²) in [5, 5.41) is 0. The first-order valence-electron chi connectivity index (χ1n) is 5.82. The van der Waals surface area contributed by atoms with Crippen LogP contribution < -0.4 is 5.73 Å². The van der Waals surface area contributed by atoms with E-state index in [0.717, 1.165) is 20.9 Å². The number of benzene rings is 2. The summed E-state index contributed by atoms with van der Waals surface area (Å²) in [5.41, 5.74) is 9.96. The fraction of sp³-hybridized carbons (Fsp3) is 0.200. The molecule has 1 nitrogen and oxygen atoms in total. The van der Waals surface area contributed by atoms with Crippen LogP contribution in [0, 0.1) is 6.92 Å². The van der Waals surface area contributed by atoms with Crippen molar-refractivity contribution in [3.8, 4) is 0 Å². The van der Waals surface area contributed by atoms with E-state index in [1.807, 2.05) is 6.07 Å². The average molecular weight is 369 g/mol. The number of aryl methyl sites for hydroxylation is 1. The van der Waals surface area contributed by atoms with Crippen molar-refractivity contribution < 1.29 is 0 Å². The van der Waals surface area contributed by atoms with E-state index in [9.17, 15) is 0 Å². The van der Waals surface area contributed by atoms with E-state index in [4.69, 9.17) is 5.73 Å². The molecule has 0 aliphatic heterocycles. The fourth-order valence-electron chi connectivity index (χ4n) is 2.00. The molecule has 18 heavy (non-hydrogen) atoms. The lowest BCUT2D eigenvalue weighted by Gasteiger charge is -2.13. The van der Waals surface area contributed by atoms with Gasteiger partial charge in [-0.15, -0.1) is 0 Å². The lowest BCUT2D eigenvalue weighted by atomic mass is 9.99. The zero-order valence-electron chi connectivity index (χ0n) is 10.2. The molecule has 0 amide bonds. The second-order valence-corrected chi connectivity index (χ2v) is 6.33. The summed E-state index contributed by atoms with van der Waals surface area (Å²) >= 11 is 6.99. The van der Waals surface area contributed by atoms with Gasteiger partial charge in [0.25, 0.3) is 0 Å². The Morgan fingerprint density at radius 2 is 1.72 bits per heavy atom. The summed E-state index contributed by atoms with van der Waals surface area (Å²) in [6, 6.07) is 14.7. The third-order valence-corrected chi connectivity index (χ3v) is 3.77. The molecule has 2 aromatic rings. The molecule has 0 aliphatic rings. The molecule has 0 saturated carbocycles. The van der Waals surface area contributed by atoms with Crippen molar-refractivity contribution in [2.24, 2.45) is 5.73 Å². The molecule has 0 fully saturated rings. The number of hydrogen-bond donors (Lipinski definition) is 1. The van der Waals surface area contributed by atoms with Gasteiger partial charge in [0.1, 0.15) is 0 Å². The van der Waals surface area contributed by atoms with E-state index in [2.05, 4.69) is 75.2 Å². The Labute approximate surface area is 125 Å². The summed E-state index contributed by atoms with van der Waals surface area (Å²) in [6.45, 7) is 2.10. The second kappa shape index (κ2) is 6.00. The standard InChI is InChI=1S/C15H15Br2N/c1-10-3-2-4-11(5-10)6-15(18)12-7-13(16)9-14(17)8-12/h2-5,7-9,15H,6,18H2,1H3. The molecular weight excluding hydrogens is 354 g/mol. The van der Waals surface area contributed by atoms with Gasteiger partial charge in [0, 0.05) is 15.0 Å². The maximum absolute atomic E-state index is 6.27. The van der Waals surface area contributed by atoms with Crippen LogP contribution in [-0.2, 0) is 6.42 Å². The minimum Gasteiger partial charge on any atom is -0.324 e. The first-order valence-corrected chi connectivity index (χ1v) is 7.40. The van der Waals surface area contributed by atoms with Crippen molar-refractivity contribution in [3.63, 3.8) is 0 Å². The minimum atomic E-state index is 0.0144. The summed E-state index contributed by atoms with van der Waals surface area (Å²) in [5.74, 6) is 0. The number of hydrogen-bond acceptors (Lipinski definition) is 1. The van der Waals surface area contributed by atoms with Crippen molar-refractivity contribution in [2.75, 3.05) is 0 Å². The van der Waals surface area contributed by atoms with Crippen LogP contribution in [0.25, 0.3) is 0 Å². The summed E-state index contributed by atoms with van der Waals surface area (Å²) in [4.78, 5) is 0. The predicted molar refractivity (Wildman–Crippen MR) is 83.7 cm³/mol. The monoisotopic (exact) mass is 367 g/mol. The molecule has 1 unspecified atom stereocenters. The zero-order valence-corrected chi connectivity index (χ0v) is 13.3. The Hall–Kier alpha value is -0.640. The first kappa shape index (κ1) is 13.8. The molecule has 0 radical (unpaired) electrons. The number of rotatable bonds is 3. The molecule has 0 aromatic heterocycles. The Balaban J connectivity index is 2.19. The quantitative estimate of drug-likeness (QED) is 0.830. The molecule has 0 heterocycles. The van der Waals surface area contributed by atoms with Crippen LogP contribution in [0.4, 0.5) is 0 Å². The summed E-state index contributed by atoms with van der Waals surface area (Å²) in [7, 11) is 0. The van der Waals surface area contributed by atoms with Crippen LogP contribution >= 0.6 is 31.9 Å². The number of halogens is 2. The Morgan fingerprint density at radius 3 is 2.33 bits per heavy atom. The Kier molecular flexibility index (Phi) is 4.60. The molecule has 0 aliphatic carbocycles. The molecule has 2 rings (SSSR count). The Bertz CT molecular complexity index is 532. The average Bonchev–Trinajstić information content (AvgIpc) is 2.27. The topological polar surface area (TPSA) is 26.0 Å². The number of nitrogens with two attached hydrogens (primary N) is 1. The molecule has 2 aromatic carbocycles. The molecule has 0 bridgehead atoms. The van der Waals surface area contributed by atoms with Crippen molar-refractivity contribution in [1.29, 1.82) is 0 Å². The van der Waals surface area contributed by atoms with Crippen LogP contribution in [0.5, 0.6) is 0 Å². The van der Waals surface area contributed by atoms with Crippen molar-refractivity contribution >= 4 is 31.9 Å². The fourth-order valence-corrected chi connectivity index (χ4v) is 3.33. The maximum atomic E-state index is 6.27. The normalized spacial score (nSPS) is 12.4. The van der Waals surface area contributed by atoms with Crippen molar-refractivity contribution in [3.05, 3.63) is 68.1 Å². The molecule has 0 saturated heterocycles. The third kappa shape index (κ3) is 3.67. The van der Waals surface area contributed by atoms with E-state index in [-0.39, 0.29) is 6.04 Å². The van der Waals surface area contributed by atoms with Gasteiger partial charge < -0.3 is 5.73 Å². The predicted octanol–water partition coefficient (Wildman–Crippen LogP) is 4.76. The van der Waals surface area contributed by atoms with Gasteiger partial charge in [-0.1, -0.05) is 61.7 Å². The molecule has 2 N–H and O–H groups in total. The third-order valence-electron chi connectivity index (χ3n) is 2.85. The van der Waals surface area contributed by atoms with Crippen LogP contribution in [0.15, 0.2) is 51.4 Å². The van der Waals surface area contributed by atoms with Crippen LogP contribution in [-0.4, -0.2) is 0 Å².